The number of ether oxygens (including phenoxy) is 1. The molecule has 3 heterocycles. The van der Waals surface area contributed by atoms with Gasteiger partial charge in [-0.25, -0.2) is 0 Å². The Hall–Kier alpha value is -2.32. The zero-order valence-electron chi connectivity index (χ0n) is 15.7. The zero-order chi connectivity index (χ0) is 18.7. The van der Waals surface area contributed by atoms with Crippen LogP contribution in [0.4, 0.5) is 0 Å². The smallest absolute Gasteiger partial charge is 0.276 e. The second-order valence-electron chi connectivity index (χ2n) is 6.83. The first kappa shape index (κ1) is 18.5. The molecule has 8 heteroatoms. The number of carbonyl (C=O) groups excluding carboxylic acids is 1. The van der Waals surface area contributed by atoms with Gasteiger partial charge in [-0.1, -0.05) is 5.16 Å². The van der Waals surface area contributed by atoms with Crippen molar-refractivity contribution in [3.05, 3.63) is 40.8 Å². The monoisotopic (exact) mass is 359 g/mol. The van der Waals surface area contributed by atoms with Crippen LogP contribution < -0.4 is 0 Å². The second-order valence-corrected chi connectivity index (χ2v) is 6.83. The molecule has 1 saturated heterocycles. The highest BCUT2D eigenvalue weighted by Gasteiger charge is 2.34. The molecule has 0 saturated carbocycles. The van der Waals surface area contributed by atoms with E-state index in [-0.39, 0.29) is 11.9 Å². The molecule has 26 heavy (non-hydrogen) atoms. The Bertz CT molecular complexity index is 774. The van der Waals surface area contributed by atoms with E-state index in [1.165, 1.54) is 0 Å². The largest absolute Gasteiger partial charge is 0.380 e. The highest BCUT2D eigenvalue weighted by Crippen LogP contribution is 2.32. The number of carbonyl (C=O) groups is 1. The fourth-order valence-electron chi connectivity index (χ4n) is 3.31. The molecular formula is C18H25N5O3. The van der Waals surface area contributed by atoms with Crippen LogP contribution in [0.3, 0.4) is 0 Å². The van der Waals surface area contributed by atoms with Gasteiger partial charge in [-0.05, 0) is 33.9 Å². The predicted octanol–water partition coefficient (Wildman–Crippen LogP) is 1.96. The Morgan fingerprint density at radius 3 is 2.96 bits per heavy atom. The molecule has 0 bridgehead atoms. The summed E-state index contributed by atoms with van der Waals surface area (Å²) < 4.78 is 10.4. The van der Waals surface area contributed by atoms with Crippen LogP contribution in [0.5, 0.6) is 0 Å². The fourth-order valence-corrected chi connectivity index (χ4v) is 3.31. The van der Waals surface area contributed by atoms with Crippen LogP contribution in [0, 0.1) is 6.92 Å². The highest BCUT2D eigenvalue weighted by molar-refractivity contribution is 5.94. The topological polar surface area (TPSA) is 84.6 Å². The van der Waals surface area contributed by atoms with Gasteiger partial charge in [0.2, 0.25) is 0 Å². The lowest BCUT2D eigenvalue weighted by molar-refractivity contribution is 0.0717. The van der Waals surface area contributed by atoms with Gasteiger partial charge in [-0.15, -0.1) is 0 Å². The summed E-state index contributed by atoms with van der Waals surface area (Å²) in [6.45, 7) is 3.46. The van der Waals surface area contributed by atoms with Gasteiger partial charge < -0.3 is 19.1 Å². The zero-order valence-corrected chi connectivity index (χ0v) is 15.7. The Kier molecular flexibility index (Phi) is 5.63. The number of hydrogen-bond acceptors (Lipinski definition) is 7. The molecule has 140 valence electrons. The molecule has 0 unspecified atom stereocenters. The van der Waals surface area contributed by atoms with Crippen molar-refractivity contribution in [2.45, 2.75) is 39.0 Å². The molecule has 0 radical (unpaired) electrons. The van der Waals surface area contributed by atoms with Gasteiger partial charge in [0.1, 0.15) is 5.76 Å². The number of hydrogen-bond donors (Lipinski definition) is 0. The molecule has 1 amide bonds. The quantitative estimate of drug-likeness (QED) is 0.779. The summed E-state index contributed by atoms with van der Waals surface area (Å²) in [5, 5.41) is 3.97. The molecule has 8 nitrogen and oxygen atoms in total. The average molecular weight is 359 g/mol. The lowest BCUT2D eigenvalue weighted by Gasteiger charge is -2.24. The summed E-state index contributed by atoms with van der Waals surface area (Å²) in [5.74, 6) is 0.468. The number of amides is 1. The van der Waals surface area contributed by atoms with E-state index in [1.807, 2.05) is 23.9 Å². The minimum atomic E-state index is -0.142. The van der Waals surface area contributed by atoms with Crippen molar-refractivity contribution >= 4 is 5.91 Å². The standard InChI is InChI=1S/C18H25N5O3/c1-12-14(11-25-4)17(21-26-12)18(24)23-7-5-6-16(23)15-9-19-8-13(20-15)10-22(2)3/h8-9,16H,5-7,10-11H2,1-4H3/t16-/m0/s1. The third-order valence-electron chi connectivity index (χ3n) is 4.51. The van der Waals surface area contributed by atoms with E-state index in [9.17, 15) is 4.79 Å². The molecule has 0 N–H and O–H groups in total. The SMILES string of the molecule is COCc1c(C(=O)N2CCC[C@H]2c2cncc(CN(C)C)n2)noc1C. The summed E-state index contributed by atoms with van der Waals surface area (Å²) in [5.41, 5.74) is 2.75. The number of nitrogens with zero attached hydrogens (tertiary/aromatic N) is 5. The van der Waals surface area contributed by atoms with Crippen molar-refractivity contribution in [1.29, 1.82) is 0 Å². The van der Waals surface area contributed by atoms with Crippen LogP contribution in [0.15, 0.2) is 16.9 Å². The summed E-state index contributed by atoms with van der Waals surface area (Å²) in [4.78, 5) is 26.0. The van der Waals surface area contributed by atoms with Crippen LogP contribution in [0.2, 0.25) is 0 Å². The van der Waals surface area contributed by atoms with Gasteiger partial charge in [-0.2, -0.15) is 0 Å². The molecule has 1 aliphatic heterocycles. The van der Waals surface area contributed by atoms with E-state index in [0.717, 1.165) is 24.2 Å². The maximum Gasteiger partial charge on any atom is 0.276 e. The fraction of sp³-hybridized carbons (Fsp3) is 0.556. The van der Waals surface area contributed by atoms with E-state index >= 15 is 0 Å². The molecule has 2 aromatic rings. The minimum absolute atomic E-state index is 0.0930. The Morgan fingerprint density at radius 2 is 2.23 bits per heavy atom. The summed E-state index contributed by atoms with van der Waals surface area (Å²) >= 11 is 0. The third kappa shape index (κ3) is 3.76. The summed E-state index contributed by atoms with van der Waals surface area (Å²) in [7, 11) is 5.57. The number of likely N-dealkylation sites (tertiary alicyclic amines) is 1. The van der Waals surface area contributed by atoms with E-state index in [2.05, 4.69) is 10.1 Å². The maximum absolute atomic E-state index is 13.1. The molecule has 0 aromatic carbocycles. The van der Waals surface area contributed by atoms with Crippen molar-refractivity contribution < 1.29 is 14.1 Å². The normalized spacial score (nSPS) is 17.3. The first-order chi connectivity index (χ1) is 12.5. The predicted molar refractivity (Wildman–Crippen MR) is 94.4 cm³/mol. The Morgan fingerprint density at radius 1 is 1.42 bits per heavy atom. The first-order valence-corrected chi connectivity index (χ1v) is 8.72. The van der Waals surface area contributed by atoms with E-state index in [0.29, 0.717) is 36.7 Å². The van der Waals surface area contributed by atoms with Crippen LogP contribution >= 0.6 is 0 Å². The van der Waals surface area contributed by atoms with Gasteiger partial charge in [0, 0.05) is 26.4 Å². The van der Waals surface area contributed by atoms with Crippen LogP contribution in [-0.4, -0.2) is 58.6 Å². The summed E-state index contributed by atoms with van der Waals surface area (Å²) in [6, 6.07) is -0.0930. The second kappa shape index (κ2) is 7.92. The van der Waals surface area contributed by atoms with Gasteiger partial charge in [0.15, 0.2) is 5.69 Å². The van der Waals surface area contributed by atoms with Gasteiger partial charge in [-0.3, -0.25) is 14.8 Å². The van der Waals surface area contributed by atoms with E-state index in [1.54, 1.807) is 26.4 Å². The van der Waals surface area contributed by atoms with Crippen LogP contribution in [-0.2, 0) is 17.9 Å². The molecule has 1 atom stereocenters. The van der Waals surface area contributed by atoms with Crippen molar-refractivity contribution in [1.82, 2.24) is 24.9 Å². The Labute approximate surface area is 153 Å². The summed E-state index contributed by atoms with van der Waals surface area (Å²) in [6.07, 6.45) is 5.30. The van der Waals surface area contributed by atoms with Crippen molar-refractivity contribution in [2.24, 2.45) is 0 Å². The molecule has 0 spiro atoms. The molecule has 1 aliphatic rings. The lowest BCUT2D eigenvalue weighted by atomic mass is 10.1. The molecule has 2 aromatic heterocycles. The third-order valence-corrected chi connectivity index (χ3v) is 4.51. The number of rotatable bonds is 6. The van der Waals surface area contributed by atoms with Gasteiger partial charge in [0.25, 0.3) is 5.91 Å². The highest BCUT2D eigenvalue weighted by atomic mass is 16.5. The molecule has 0 aliphatic carbocycles. The van der Waals surface area contributed by atoms with E-state index in [4.69, 9.17) is 14.2 Å². The van der Waals surface area contributed by atoms with E-state index < -0.39 is 0 Å². The minimum Gasteiger partial charge on any atom is -0.380 e. The number of aryl methyl sites for hydroxylation is 1. The average Bonchev–Trinajstić information content (AvgIpc) is 3.22. The van der Waals surface area contributed by atoms with Crippen LogP contribution in [0.1, 0.15) is 52.1 Å². The van der Waals surface area contributed by atoms with Crippen molar-refractivity contribution in [3.8, 4) is 0 Å². The van der Waals surface area contributed by atoms with Gasteiger partial charge in [0.05, 0.1) is 35.8 Å². The lowest BCUT2D eigenvalue weighted by Crippen LogP contribution is -2.32. The molecular weight excluding hydrogens is 334 g/mol. The van der Waals surface area contributed by atoms with Crippen molar-refractivity contribution in [3.63, 3.8) is 0 Å². The molecule has 1 fully saturated rings. The van der Waals surface area contributed by atoms with Crippen molar-refractivity contribution in [2.75, 3.05) is 27.7 Å². The Balaban J connectivity index is 1.85. The van der Waals surface area contributed by atoms with Crippen LogP contribution in [0.25, 0.3) is 0 Å². The van der Waals surface area contributed by atoms with Gasteiger partial charge >= 0.3 is 0 Å². The molecule has 3 rings (SSSR count). The first-order valence-electron chi connectivity index (χ1n) is 8.72. The number of aromatic nitrogens is 3. The maximum atomic E-state index is 13.1. The number of methoxy groups -OCH3 is 1.